The molecule has 1 aliphatic rings. The van der Waals surface area contributed by atoms with Crippen LogP contribution in [0.25, 0.3) is 22.3 Å². The van der Waals surface area contributed by atoms with Crippen LogP contribution in [-0.2, 0) is 9.53 Å². The van der Waals surface area contributed by atoms with Crippen molar-refractivity contribution in [1.29, 1.82) is 0 Å². The van der Waals surface area contributed by atoms with Crippen molar-refractivity contribution in [2.45, 2.75) is 13.0 Å². The van der Waals surface area contributed by atoms with Gasteiger partial charge in [-0.25, -0.2) is 9.48 Å². The van der Waals surface area contributed by atoms with Crippen molar-refractivity contribution < 1.29 is 14.3 Å². The number of cyclic esters (lactones) is 1. The smallest absolute Gasteiger partial charge is 0.410 e. The second-order valence-corrected chi connectivity index (χ2v) is 7.94. The molecule has 1 saturated heterocycles. The number of carbonyl (C=O) groups excluding carboxylic acids is 2. The lowest BCUT2D eigenvalue weighted by molar-refractivity contribution is -0.117. The van der Waals surface area contributed by atoms with Crippen molar-refractivity contribution in [3.05, 3.63) is 65.7 Å². The summed E-state index contributed by atoms with van der Waals surface area (Å²) in [5, 5.41) is 9.62. The summed E-state index contributed by atoms with van der Waals surface area (Å²) in [6, 6.07) is 13.7. The van der Waals surface area contributed by atoms with Crippen molar-refractivity contribution in [1.82, 2.24) is 20.0 Å². The Labute approximate surface area is 178 Å². The van der Waals surface area contributed by atoms with Gasteiger partial charge in [0.15, 0.2) is 0 Å². The second kappa shape index (κ2) is 8.96. The summed E-state index contributed by atoms with van der Waals surface area (Å²) in [5.41, 5.74) is 2.63. The molecule has 7 nitrogen and oxygen atoms in total. The van der Waals surface area contributed by atoms with Gasteiger partial charge in [-0.05, 0) is 36.6 Å². The Bertz CT molecular complexity index is 1040. The van der Waals surface area contributed by atoms with Crippen LogP contribution in [0.3, 0.4) is 0 Å². The highest BCUT2D eigenvalue weighted by atomic mass is 32.1. The molecule has 0 bridgehead atoms. The number of hydrogen-bond acceptors (Lipinski definition) is 5. The summed E-state index contributed by atoms with van der Waals surface area (Å²) >= 11 is 1.60. The third-order valence-corrected chi connectivity index (χ3v) is 5.54. The zero-order chi connectivity index (χ0) is 20.9. The highest BCUT2D eigenvalue weighted by Gasteiger charge is 2.23. The number of nitrogens with one attached hydrogen (secondary N) is 1. The average molecular weight is 423 g/mol. The first-order chi connectivity index (χ1) is 14.6. The lowest BCUT2D eigenvalue weighted by atomic mass is 10.2. The quantitative estimate of drug-likeness (QED) is 0.591. The zero-order valence-electron chi connectivity index (χ0n) is 16.5. The molecule has 0 radical (unpaired) electrons. The Hall–Kier alpha value is -3.39. The summed E-state index contributed by atoms with van der Waals surface area (Å²) < 4.78 is 6.73. The number of para-hydroxylation sites is 1. The Morgan fingerprint density at radius 1 is 1.30 bits per heavy atom. The van der Waals surface area contributed by atoms with Gasteiger partial charge in [-0.2, -0.15) is 5.10 Å². The van der Waals surface area contributed by atoms with Crippen molar-refractivity contribution in [3.63, 3.8) is 0 Å². The monoisotopic (exact) mass is 422 g/mol. The second-order valence-electron chi connectivity index (χ2n) is 6.99. The number of rotatable bonds is 7. The van der Waals surface area contributed by atoms with Gasteiger partial charge in [0.05, 0.1) is 17.1 Å². The number of aromatic nitrogens is 2. The van der Waals surface area contributed by atoms with E-state index in [9.17, 15) is 9.59 Å². The number of benzene rings is 1. The Balaban J connectivity index is 1.48. The van der Waals surface area contributed by atoms with Crippen LogP contribution in [0.5, 0.6) is 0 Å². The number of nitrogens with zero attached hydrogens (tertiary/aromatic N) is 3. The molecule has 3 heterocycles. The molecule has 0 unspecified atom stereocenters. The number of ether oxygens (including phenoxy) is 1. The lowest BCUT2D eigenvalue weighted by Crippen LogP contribution is -2.41. The normalized spacial score (nSPS) is 14.8. The van der Waals surface area contributed by atoms with Crippen LogP contribution in [0.15, 0.2) is 60.1 Å². The third kappa shape index (κ3) is 4.60. The molecule has 30 heavy (non-hydrogen) atoms. The standard InChI is InChI=1S/C22H22N4O3S/c1-16(14-25-11-12-29-22(25)28)23-20(27)10-9-17-15-26(18-6-3-2-4-7-18)24-21(17)19-8-5-13-30-19/h2-10,13,15-16H,11-12,14H2,1H3,(H,23,27)/b10-9-/t16-/m0/s1. The van der Waals surface area contributed by atoms with E-state index in [-0.39, 0.29) is 18.0 Å². The molecular formula is C22H22N4O3S. The minimum atomic E-state index is -0.333. The minimum absolute atomic E-state index is 0.184. The lowest BCUT2D eigenvalue weighted by Gasteiger charge is -2.18. The maximum absolute atomic E-state index is 12.4. The summed E-state index contributed by atoms with van der Waals surface area (Å²) in [7, 11) is 0. The van der Waals surface area contributed by atoms with Crippen LogP contribution < -0.4 is 5.32 Å². The molecule has 1 N–H and O–H groups in total. The predicted octanol–water partition coefficient (Wildman–Crippen LogP) is 3.57. The molecule has 0 aliphatic carbocycles. The largest absolute Gasteiger partial charge is 0.448 e. The number of amides is 2. The van der Waals surface area contributed by atoms with Gasteiger partial charge < -0.3 is 15.0 Å². The molecule has 8 heteroatoms. The summed E-state index contributed by atoms with van der Waals surface area (Å²) in [6.07, 6.45) is 4.86. The van der Waals surface area contributed by atoms with Gasteiger partial charge in [0.1, 0.15) is 12.3 Å². The van der Waals surface area contributed by atoms with Gasteiger partial charge in [0.2, 0.25) is 5.91 Å². The third-order valence-electron chi connectivity index (χ3n) is 4.66. The molecule has 0 saturated carbocycles. The van der Waals surface area contributed by atoms with Crippen molar-refractivity contribution in [2.24, 2.45) is 0 Å². The molecular weight excluding hydrogens is 400 g/mol. The zero-order valence-corrected chi connectivity index (χ0v) is 17.3. The van der Waals surface area contributed by atoms with Crippen molar-refractivity contribution in [2.75, 3.05) is 19.7 Å². The first-order valence-electron chi connectivity index (χ1n) is 9.69. The first-order valence-corrected chi connectivity index (χ1v) is 10.6. The van der Waals surface area contributed by atoms with Gasteiger partial charge in [0.25, 0.3) is 0 Å². The molecule has 4 rings (SSSR count). The molecule has 154 valence electrons. The maximum atomic E-state index is 12.4. The molecule has 1 aromatic carbocycles. The van der Waals surface area contributed by atoms with Crippen LogP contribution in [0.4, 0.5) is 4.79 Å². The Kier molecular flexibility index (Phi) is 5.94. The predicted molar refractivity (Wildman–Crippen MR) is 116 cm³/mol. The van der Waals surface area contributed by atoms with E-state index in [4.69, 9.17) is 9.84 Å². The van der Waals surface area contributed by atoms with Crippen LogP contribution in [-0.4, -0.2) is 52.4 Å². The molecule has 2 aromatic heterocycles. The molecule has 1 atom stereocenters. The van der Waals surface area contributed by atoms with Gasteiger partial charge in [-0.1, -0.05) is 24.3 Å². The highest BCUT2D eigenvalue weighted by molar-refractivity contribution is 7.13. The van der Waals surface area contributed by atoms with E-state index in [1.807, 2.05) is 65.6 Å². The topological polar surface area (TPSA) is 76.5 Å². The van der Waals surface area contributed by atoms with Crippen molar-refractivity contribution >= 4 is 29.4 Å². The molecule has 0 spiro atoms. The minimum Gasteiger partial charge on any atom is -0.448 e. The molecule has 3 aromatic rings. The average Bonchev–Trinajstić information content (AvgIpc) is 3.48. The fourth-order valence-electron chi connectivity index (χ4n) is 3.25. The number of hydrogen-bond donors (Lipinski definition) is 1. The SMILES string of the molecule is C[C@@H](CN1CCOC1=O)NC(=O)/C=C\c1cn(-c2ccccc2)nc1-c1cccs1. The molecule has 2 amide bonds. The fraction of sp³-hybridized carbons (Fsp3) is 0.227. The van der Waals surface area contributed by atoms with E-state index >= 15 is 0 Å². The van der Waals surface area contributed by atoms with Gasteiger partial charge in [0, 0.05) is 30.4 Å². The number of thiophene rings is 1. The van der Waals surface area contributed by atoms with Gasteiger partial charge >= 0.3 is 6.09 Å². The Morgan fingerprint density at radius 3 is 2.83 bits per heavy atom. The van der Waals surface area contributed by atoms with E-state index in [0.717, 1.165) is 21.8 Å². The summed E-state index contributed by atoms with van der Waals surface area (Å²) in [6.45, 7) is 3.24. The van der Waals surface area contributed by atoms with Crippen LogP contribution in [0.2, 0.25) is 0 Å². The molecule has 1 fully saturated rings. The molecule has 1 aliphatic heterocycles. The van der Waals surface area contributed by atoms with E-state index in [1.54, 1.807) is 22.3 Å². The highest BCUT2D eigenvalue weighted by Crippen LogP contribution is 2.28. The van der Waals surface area contributed by atoms with Crippen LogP contribution in [0, 0.1) is 0 Å². The van der Waals surface area contributed by atoms with E-state index in [0.29, 0.717) is 19.7 Å². The first kappa shape index (κ1) is 19.9. The summed E-state index contributed by atoms with van der Waals surface area (Å²) in [5.74, 6) is -0.223. The van der Waals surface area contributed by atoms with E-state index in [1.165, 1.54) is 6.08 Å². The van der Waals surface area contributed by atoms with E-state index < -0.39 is 0 Å². The summed E-state index contributed by atoms with van der Waals surface area (Å²) in [4.78, 5) is 26.6. The Morgan fingerprint density at radius 2 is 2.13 bits per heavy atom. The van der Waals surface area contributed by atoms with Crippen LogP contribution in [0.1, 0.15) is 12.5 Å². The van der Waals surface area contributed by atoms with Crippen LogP contribution >= 0.6 is 11.3 Å². The van der Waals surface area contributed by atoms with Crippen molar-refractivity contribution in [3.8, 4) is 16.3 Å². The van der Waals surface area contributed by atoms with Gasteiger partial charge in [-0.15, -0.1) is 11.3 Å². The maximum Gasteiger partial charge on any atom is 0.410 e. The van der Waals surface area contributed by atoms with Gasteiger partial charge in [-0.3, -0.25) is 4.79 Å². The van der Waals surface area contributed by atoms with E-state index in [2.05, 4.69) is 5.32 Å². The number of carbonyl (C=O) groups is 2. The fourth-order valence-corrected chi connectivity index (χ4v) is 3.98.